The van der Waals surface area contributed by atoms with Crippen molar-refractivity contribution in [3.8, 4) is 0 Å². The van der Waals surface area contributed by atoms with Gasteiger partial charge in [-0.3, -0.25) is 14.2 Å². The number of rotatable bonds is 4. The molecule has 108 valence electrons. The first-order chi connectivity index (χ1) is 9.41. The molecule has 0 N–H and O–H groups in total. The highest BCUT2D eigenvalue weighted by atomic mass is 32.1. The van der Waals surface area contributed by atoms with Gasteiger partial charge in [0.15, 0.2) is 0 Å². The molecule has 0 spiro atoms. The number of aromatic nitrogens is 2. The van der Waals surface area contributed by atoms with E-state index in [0.29, 0.717) is 10.2 Å². The second-order valence-corrected chi connectivity index (χ2v) is 6.22. The van der Waals surface area contributed by atoms with Crippen LogP contribution in [0.15, 0.2) is 22.6 Å². The molecule has 5 nitrogen and oxygen atoms in total. The fourth-order valence-electron chi connectivity index (χ4n) is 2.39. The van der Waals surface area contributed by atoms with Gasteiger partial charge >= 0.3 is 0 Å². The van der Waals surface area contributed by atoms with Crippen molar-refractivity contribution in [3.63, 3.8) is 0 Å². The molecule has 0 atom stereocenters. The van der Waals surface area contributed by atoms with Crippen LogP contribution < -0.4 is 5.56 Å². The van der Waals surface area contributed by atoms with Crippen LogP contribution in [0.4, 0.5) is 0 Å². The summed E-state index contributed by atoms with van der Waals surface area (Å²) in [5, 5.41) is 1.83. The van der Waals surface area contributed by atoms with E-state index >= 15 is 0 Å². The lowest BCUT2D eigenvalue weighted by atomic mass is 10.2. The van der Waals surface area contributed by atoms with Gasteiger partial charge in [-0.1, -0.05) is 0 Å². The highest BCUT2D eigenvalue weighted by Gasteiger charge is 2.21. The van der Waals surface area contributed by atoms with Gasteiger partial charge in [0, 0.05) is 12.1 Å². The molecule has 0 aliphatic carbocycles. The number of fused-ring (bicyclic) bond motifs is 1. The molecule has 0 saturated heterocycles. The average molecular weight is 293 g/mol. The molecular weight excluding hydrogens is 274 g/mol. The number of amides is 1. The number of hydrogen-bond donors (Lipinski definition) is 0. The minimum Gasteiger partial charge on any atom is -0.336 e. The molecule has 2 aromatic rings. The van der Waals surface area contributed by atoms with Gasteiger partial charge in [0.1, 0.15) is 11.2 Å². The van der Waals surface area contributed by atoms with Crippen LogP contribution in [0.1, 0.15) is 27.7 Å². The quantitative estimate of drug-likeness (QED) is 0.867. The minimum atomic E-state index is -0.147. The van der Waals surface area contributed by atoms with Gasteiger partial charge in [0.05, 0.1) is 11.8 Å². The molecule has 0 unspecified atom stereocenters. The van der Waals surface area contributed by atoms with Crippen molar-refractivity contribution in [3.05, 3.63) is 28.1 Å². The van der Waals surface area contributed by atoms with Crippen LogP contribution in [-0.2, 0) is 11.3 Å². The van der Waals surface area contributed by atoms with E-state index in [4.69, 9.17) is 0 Å². The van der Waals surface area contributed by atoms with Crippen LogP contribution in [0.3, 0.4) is 0 Å². The van der Waals surface area contributed by atoms with Gasteiger partial charge in [-0.25, -0.2) is 4.98 Å². The van der Waals surface area contributed by atoms with Crippen LogP contribution in [0.2, 0.25) is 0 Å². The summed E-state index contributed by atoms with van der Waals surface area (Å²) in [6.45, 7) is 7.93. The standard InChI is InChI=1S/C14H19N3O2S/c1-9(2)17(10(3)4)12(18)7-16-8-15-11-5-6-20-13(11)14(16)19/h5-6,8-10H,7H2,1-4H3. The summed E-state index contributed by atoms with van der Waals surface area (Å²) in [5.41, 5.74) is 0.541. The van der Waals surface area contributed by atoms with Gasteiger partial charge < -0.3 is 4.90 Å². The number of carbonyl (C=O) groups is 1. The predicted octanol–water partition coefficient (Wildman–Crippen LogP) is 2.10. The van der Waals surface area contributed by atoms with Crippen LogP contribution in [0.5, 0.6) is 0 Å². The third-order valence-electron chi connectivity index (χ3n) is 3.14. The fraction of sp³-hybridized carbons (Fsp3) is 0.500. The Bertz CT molecular complexity index is 664. The molecule has 20 heavy (non-hydrogen) atoms. The molecule has 6 heteroatoms. The van der Waals surface area contributed by atoms with Crippen LogP contribution >= 0.6 is 11.3 Å². The molecule has 0 fully saturated rings. The summed E-state index contributed by atoms with van der Waals surface area (Å²) >= 11 is 1.36. The zero-order chi connectivity index (χ0) is 14.9. The molecule has 1 amide bonds. The van der Waals surface area contributed by atoms with Gasteiger partial charge in [-0.2, -0.15) is 0 Å². The largest absolute Gasteiger partial charge is 0.336 e. The molecule has 0 saturated carbocycles. The Morgan fingerprint density at radius 2 is 2.00 bits per heavy atom. The number of carbonyl (C=O) groups excluding carboxylic acids is 1. The van der Waals surface area contributed by atoms with E-state index in [1.807, 2.05) is 39.1 Å². The lowest BCUT2D eigenvalue weighted by molar-refractivity contribution is -0.135. The normalized spacial score (nSPS) is 11.5. The Morgan fingerprint density at radius 3 is 2.60 bits per heavy atom. The van der Waals surface area contributed by atoms with Gasteiger partial charge in [0.2, 0.25) is 5.91 Å². The molecule has 0 bridgehead atoms. The first kappa shape index (κ1) is 14.7. The third kappa shape index (κ3) is 2.75. The Kier molecular flexibility index (Phi) is 4.23. The summed E-state index contributed by atoms with van der Waals surface area (Å²) in [4.78, 5) is 30.6. The summed E-state index contributed by atoms with van der Waals surface area (Å²) in [7, 11) is 0. The molecule has 0 aliphatic heterocycles. The maximum atomic E-state index is 12.4. The van der Waals surface area contributed by atoms with Crippen LogP contribution in [0, 0.1) is 0 Å². The number of hydrogen-bond acceptors (Lipinski definition) is 4. The van der Waals surface area contributed by atoms with Crippen molar-refractivity contribution in [2.24, 2.45) is 0 Å². The molecule has 0 aromatic carbocycles. The fourth-order valence-corrected chi connectivity index (χ4v) is 3.18. The minimum absolute atomic E-state index is 0.0377. The van der Waals surface area contributed by atoms with Gasteiger partial charge in [-0.15, -0.1) is 11.3 Å². The summed E-state index contributed by atoms with van der Waals surface area (Å²) < 4.78 is 1.99. The summed E-state index contributed by atoms with van der Waals surface area (Å²) in [5.74, 6) is -0.0604. The van der Waals surface area contributed by atoms with E-state index in [1.165, 1.54) is 22.2 Å². The molecular formula is C14H19N3O2S. The topological polar surface area (TPSA) is 55.2 Å². The Hall–Kier alpha value is -1.69. The third-order valence-corrected chi connectivity index (χ3v) is 4.03. The van der Waals surface area contributed by atoms with Crippen LogP contribution in [-0.4, -0.2) is 32.4 Å². The lowest BCUT2D eigenvalue weighted by Crippen LogP contribution is -2.44. The lowest BCUT2D eigenvalue weighted by Gasteiger charge is -2.30. The monoisotopic (exact) mass is 293 g/mol. The zero-order valence-electron chi connectivity index (χ0n) is 12.2. The predicted molar refractivity (Wildman–Crippen MR) is 81.0 cm³/mol. The molecule has 2 aromatic heterocycles. The number of nitrogens with zero attached hydrogens (tertiary/aromatic N) is 3. The van der Waals surface area contributed by atoms with E-state index in [9.17, 15) is 9.59 Å². The zero-order valence-corrected chi connectivity index (χ0v) is 13.0. The average Bonchev–Trinajstić information content (AvgIpc) is 2.80. The molecule has 0 aliphatic rings. The van der Waals surface area contributed by atoms with E-state index in [1.54, 1.807) is 4.90 Å². The Labute approximate surface area is 121 Å². The van der Waals surface area contributed by atoms with E-state index in [2.05, 4.69) is 4.98 Å². The highest BCUT2D eigenvalue weighted by Crippen LogP contribution is 2.13. The van der Waals surface area contributed by atoms with E-state index in [-0.39, 0.29) is 30.1 Å². The Morgan fingerprint density at radius 1 is 1.35 bits per heavy atom. The van der Waals surface area contributed by atoms with Crippen molar-refractivity contribution in [1.29, 1.82) is 0 Å². The second-order valence-electron chi connectivity index (χ2n) is 5.30. The number of thiophene rings is 1. The SMILES string of the molecule is CC(C)N(C(=O)Cn1cnc2ccsc2c1=O)C(C)C. The van der Waals surface area contributed by atoms with Gasteiger partial charge in [-0.05, 0) is 39.1 Å². The van der Waals surface area contributed by atoms with E-state index in [0.717, 1.165) is 0 Å². The second kappa shape index (κ2) is 5.75. The molecule has 0 radical (unpaired) electrons. The Balaban J connectivity index is 2.29. The molecule has 2 heterocycles. The maximum absolute atomic E-state index is 12.4. The molecule has 2 rings (SSSR count). The van der Waals surface area contributed by atoms with Crippen molar-refractivity contribution in [2.45, 2.75) is 46.3 Å². The smallest absolute Gasteiger partial charge is 0.271 e. The van der Waals surface area contributed by atoms with Crippen molar-refractivity contribution < 1.29 is 4.79 Å². The van der Waals surface area contributed by atoms with Gasteiger partial charge in [0.25, 0.3) is 5.56 Å². The maximum Gasteiger partial charge on any atom is 0.271 e. The highest BCUT2D eigenvalue weighted by molar-refractivity contribution is 7.17. The van der Waals surface area contributed by atoms with Crippen molar-refractivity contribution in [2.75, 3.05) is 0 Å². The van der Waals surface area contributed by atoms with Crippen molar-refractivity contribution in [1.82, 2.24) is 14.5 Å². The first-order valence-electron chi connectivity index (χ1n) is 6.65. The summed E-state index contributed by atoms with van der Waals surface area (Å²) in [6, 6.07) is 2.02. The summed E-state index contributed by atoms with van der Waals surface area (Å²) in [6.07, 6.45) is 1.45. The first-order valence-corrected chi connectivity index (χ1v) is 7.53. The van der Waals surface area contributed by atoms with Crippen LogP contribution in [0.25, 0.3) is 10.2 Å². The van der Waals surface area contributed by atoms with E-state index < -0.39 is 0 Å². The van der Waals surface area contributed by atoms with Crippen molar-refractivity contribution >= 4 is 27.5 Å².